The van der Waals surface area contributed by atoms with Gasteiger partial charge in [0, 0.05) is 5.56 Å². The summed E-state index contributed by atoms with van der Waals surface area (Å²) in [6.45, 7) is 0. The average molecular weight is 340 g/mol. The molecule has 0 aliphatic heterocycles. The normalized spacial score (nSPS) is 9.85. The van der Waals surface area contributed by atoms with Gasteiger partial charge in [-0.05, 0) is 22.8 Å². The number of benzene rings is 4. The summed E-state index contributed by atoms with van der Waals surface area (Å²) in [4.78, 5) is 0. The fraction of sp³-hybridized carbons (Fsp3) is 0. The third kappa shape index (κ3) is 4.31. The predicted molar refractivity (Wildman–Crippen MR) is 107 cm³/mol. The highest BCUT2D eigenvalue weighted by molar-refractivity contribution is 5.72. The third-order valence-electron chi connectivity index (χ3n) is 3.98. The second-order valence-electron chi connectivity index (χ2n) is 5.77. The molecule has 0 aromatic heterocycles. The van der Waals surface area contributed by atoms with Gasteiger partial charge in [-0.25, -0.2) is 0 Å². The molecule has 0 spiro atoms. The van der Waals surface area contributed by atoms with Crippen LogP contribution in [0.15, 0.2) is 109 Å². The highest BCUT2D eigenvalue weighted by atomic mass is 16.3. The van der Waals surface area contributed by atoms with Crippen LogP contribution in [0.2, 0.25) is 0 Å². The van der Waals surface area contributed by atoms with Crippen LogP contribution in [0.1, 0.15) is 0 Å². The summed E-state index contributed by atoms with van der Waals surface area (Å²) in [6.07, 6.45) is 0. The van der Waals surface area contributed by atoms with Crippen LogP contribution in [-0.4, -0.2) is 10.2 Å². The van der Waals surface area contributed by atoms with Crippen molar-refractivity contribution in [3.63, 3.8) is 0 Å². The van der Waals surface area contributed by atoms with E-state index in [0.717, 1.165) is 5.56 Å². The summed E-state index contributed by atoms with van der Waals surface area (Å²) in [5, 5.41) is 18.9. The molecule has 4 aromatic carbocycles. The zero-order valence-corrected chi connectivity index (χ0v) is 14.3. The Kier molecular flexibility index (Phi) is 5.69. The highest BCUT2D eigenvalue weighted by Crippen LogP contribution is 2.35. The highest BCUT2D eigenvalue weighted by Gasteiger charge is 2.06. The van der Waals surface area contributed by atoms with E-state index in [2.05, 4.69) is 48.5 Å². The first kappa shape index (κ1) is 17.3. The van der Waals surface area contributed by atoms with Gasteiger partial charge in [-0.3, -0.25) is 0 Å². The molecule has 0 aliphatic rings. The van der Waals surface area contributed by atoms with Crippen molar-refractivity contribution in [1.82, 2.24) is 0 Å². The van der Waals surface area contributed by atoms with Crippen LogP contribution in [0.5, 0.6) is 11.5 Å². The van der Waals surface area contributed by atoms with Crippen LogP contribution < -0.4 is 0 Å². The van der Waals surface area contributed by atoms with Crippen LogP contribution >= 0.6 is 0 Å². The molecule has 4 aromatic rings. The lowest BCUT2D eigenvalue weighted by molar-refractivity contribution is 0.405. The van der Waals surface area contributed by atoms with Crippen molar-refractivity contribution in [2.75, 3.05) is 0 Å². The summed E-state index contributed by atoms with van der Waals surface area (Å²) in [6, 6.07) is 35.2. The first-order chi connectivity index (χ1) is 12.8. The molecule has 128 valence electrons. The smallest absolute Gasteiger partial charge is 0.165 e. The minimum atomic E-state index is -0.0913. The largest absolute Gasteiger partial charge is 0.504 e. The first-order valence-corrected chi connectivity index (χ1v) is 8.42. The van der Waals surface area contributed by atoms with Crippen molar-refractivity contribution in [1.29, 1.82) is 0 Å². The van der Waals surface area contributed by atoms with Crippen LogP contribution in [0.3, 0.4) is 0 Å². The molecular weight excluding hydrogens is 320 g/mol. The van der Waals surface area contributed by atoms with Crippen LogP contribution in [0.4, 0.5) is 0 Å². The molecule has 0 unspecified atom stereocenters. The van der Waals surface area contributed by atoms with E-state index >= 15 is 0 Å². The van der Waals surface area contributed by atoms with Gasteiger partial charge < -0.3 is 10.2 Å². The number of aromatic hydroxyl groups is 2. The molecule has 0 saturated carbocycles. The van der Waals surface area contributed by atoms with Crippen molar-refractivity contribution >= 4 is 0 Å². The Hall–Kier alpha value is -3.52. The fourth-order valence-electron chi connectivity index (χ4n) is 2.64. The maximum atomic E-state index is 9.60. The van der Waals surface area contributed by atoms with E-state index in [1.807, 2.05) is 42.5 Å². The van der Waals surface area contributed by atoms with E-state index in [1.165, 1.54) is 17.2 Å². The van der Waals surface area contributed by atoms with Gasteiger partial charge in [-0.1, -0.05) is 103 Å². The Balaban J connectivity index is 0.000000152. The van der Waals surface area contributed by atoms with Gasteiger partial charge in [0.25, 0.3) is 0 Å². The zero-order valence-electron chi connectivity index (χ0n) is 14.3. The fourth-order valence-corrected chi connectivity index (χ4v) is 2.64. The lowest BCUT2D eigenvalue weighted by Gasteiger charge is -2.05. The Morgan fingerprint density at radius 2 is 0.808 bits per heavy atom. The van der Waals surface area contributed by atoms with Crippen molar-refractivity contribution in [2.24, 2.45) is 0 Å². The maximum Gasteiger partial charge on any atom is 0.165 e. The maximum absolute atomic E-state index is 9.60. The molecule has 2 heteroatoms. The van der Waals surface area contributed by atoms with E-state index in [-0.39, 0.29) is 11.5 Å². The Morgan fingerprint density at radius 1 is 0.385 bits per heavy atom. The van der Waals surface area contributed by atoms with Gasteiger partial charge >= 0.3 is 0 Å². The molecular formula is C24H20O2. The van der Waals surface area contributed by atoms with E-state index in [9.17, 15) is 10.2 Å². The van der Waals surface area contributed by atoms with Gasteiger partial charge in [0.05, 0.1) is 0 Å². The second kappa shape index (κ2) is 8.54. The molecule has 0 amide bonds. The van der Waals surface area contributed by atoms with Crippen LogP contribution in [0.25, 0.3) is 22.3 Å². The van der Waals surface area contributed by atoms with Crippen molar-refractivity contribution in [3.05, 3.63) is 109 Å². The lowest BCUT2D eigenvalue weighted by atomic mass is 10.0. The number of rotatable bonds is 2. The van der Waals surface area contributed by atoms with Crippen LogP contribution in [0, 0.1) is 0 Å². The number of phenolic OH excluding ortho intramolecular Hbond substituents is 2. The van der Waals surface area contributed by atoms with E-state index in [4.69, 9.17) is 0 Å². The molecule has 0 bridgehead atoms. The molecule has 4 rings (SSSR count). The van der Waals surface area contributed by atoms with Gasteiger partial charge in [0.2, 0.25) is 0 Å². The Labute approximate surface area is 153 Å². The molecule has 0 atom stereocenters. The standard InChI is InChI=1S/C12H10O2.C12H10/c13-11-8-4-7-10(12(11)14)9-5-2-1-3-6-9;1-3-7-11(8-4-1)12-9-5-2-6-10-12/h1-8,13-14H;1-10H. The van der Waals surface area contributed by atoms with Gasteiger partial charge in [0.15, 0.2) is 11.5 Å². The summed E-state index contributed by atoms with van der Waals surface area (Å²) in [5.41, 5.74) is 4.09. The summed E-state index contributed by atoms with van der Waals surface area (Å²) in [5.74, 6) is -0.162. The van der Waals surface area contributed by atoms with Crippen molar-refractivity contribution < 1.29 is 10.2 Å². The van der Waals surface area contributed by atoms with Gasteiger partial charge in [-0.2, -0.15) is 0 Å². The number of hydrogen-bond donors (Lipinski definition) is 2. The third-order valence-corrected chi connectivity index (χ3v) is 3.98. The first-order valence-electron chi connectivity index (χ1n) is 8.42. The lowest BCUT2D eigenvalue weighted by Crippen LogP contribution is -1.78. The van der Waals surface area contributed by atoms with Crippen molar-refractivity contribution in [3.8, 4) is 33.8 Å². The molecule has 2 nitrogen and oxygen atoms in total. The molecule has 0 radical (unpaired) electrons. The molecule has 2 N–H and O–H groups in total. The summed E-state index contributed by atoms with van der Waals surface area (Å²) >= 11 is 0. The Morgan fingerprint density at radius 3 is 1.27 bits per heavy atom. The van der Waals surface area contributed by atoms with Gasteiger partial charge in [-0.15, -0.1) is 0 Å². The topological polar surface area (TPSA) is 40.5 Å². The Bertz CT molecular complexity index is 896. The van der Waals surface area contributed by atoms with Crippen molar-refractivity contribution in [2.45, 2.75) is 0 Å². The van der Waals surface area contributed by atoms with E-state index in [0.29, 0.717) is 5.56 Å². The molecule has 26 heavy (non-hydrogen) atoms. The van der Waals surface area contributed by atoms with E-state index in [1.54, 1.807) is 12.1 Å². The molecule has 0 aliphatic carbocycles. The average Bonchev–Trinajstić information content (AvgIpc) is 2.72. The zero-order chi connectivity index (χ0) is 18.2. The minimum absolute atomic E-state index is 0.0706. The molecule has 0 fully saturated rings. The minimum Gasteiger partial charge on any atom is -0.504 e. The number of para-hydroxylation sites is 1. The summed E-state index contributed by atoms with van der Waals surface area (Å²) in [7, 11) is 0. The van der Waals surface area contributed by atoms with E-state index < -0.39 is 0 Å². The number of hydrogen-bond acceptors (Lipinski definition) is 2. The monoisotopic (exact) mass is 340 g/mol. The summed E-state index contributed by atoms with van der Waals surface area (Å²) < 4.78 is 0. The quantitative estimate of drug-likeness (QED) is 0.432. The molecule has 0 heterocycles. The SMILES string of the molecule is Oc1cccc(-c2ccccc2)c1O.c1ccc(-c2ccccc2)cc1. The molecule has 0 saturated heterocycles. The van der Waals surface area contributed by atoms with Crippen LogP contribution in [-0.2, 0) is 0 Å². The predicted octanol–water partition coefficient (Wildman–Crippen LogP) is 6.12. The second-order valence-corrected chi connectivity index (χ2v) is 5.77. The van der Waals surface area contributed by atoms with Gasteiger partial charge in [0.1, 0.15) is 0 Å². The number of phenols is 2.